The van der Waals surface area contributed by atoms with Crippen molar-refractivity contribution in [3.63, 3.8) is 0 Å². The minimum absolute atomic E-state index is 0.0973. The van der Waals surface area contributed by atoms with Crippen LogP contribution in [0.2, 0.25) is 0 Å². The minimum Gasteiger partial charge on any atom is -0.352 e. The summed E-state index contributed by atoms with van der Waals surface area (Å²) in [5.41, 5.74) is 0.345. The monoisotopic (exact) mass is 379 g/mol. The lowest BCUT2D eigenvalue weighted by atomic mass is 10.2. The van der Waals surface area contributed by atoms with Gasteiger partial charge in [-0.25, -0.2) is 14.4 Å². The predicted molar refractivity (Wildman–Crippen MR) is 104 cm³/mol. The van der Waals surface area contributed by atoms with E-state index in [0.717, 1.165) is 0 Å². The van der Waals surface area contributed by atoms with Gasteiger partial charge in [-0.1, -0.05) is 18.7 Å². The van der Waals surface area contributed by atoms with E-state index < -0.39 is 5.82 Å². The number of anilines is 1. The number of hydrogen-bond donors (Lipinski definition) is 0. The number of hydrogen-bond acceptors (Lipinski definition) is 5. The number of halogens is 1. The minimum atomic E-state index is -0.485. The Bertz CT molecular complexity index is 1120. The lowest BCUT2D eigenvalue weighted by Crippen LogP contribution is -2.48. The number of fused-ring (bicyclic) bond motifs is 1. The van der Waals surface area contributed by atoms with Gasteiger partial charge in [0.25, 0.3) is 5.56 Å². The smallest absolute Gasteiger partial charge is 0.256 e. The summed E-state index contributed by atoms with van der Waals surface area (Å²) in [6, 6.07) is 7.52. The van der Waals surface area contributed by atoms with Gasteiger partial charge in [-0.2, -0.15) is 0 Å². The van der Waals surface area contributed by atoms with E-state index in [1.54, 1.807) is 23.1 Å². The molecular weight excluding hydrogens is 361 g/mol. The number of carbonyl (C=O) groups excluding carboxylic acids is 1. The van der Waals surface area contributed by atoms with E-state index in [-0.39, 0.29) is 17.2 Å². The number of rotatable bonds is 3. The summed E-state index contributed by atoms with van der Waals surface area (Å²) in [5, 5.41) is 0.601. The van der Waals surface area contributed by atoms with Crippen LogP contribution in [-0.4, -0.2) is 51.5 Å². The highest BCUT2D eigenvalue weighted by Gasteiger charge is 2.22. The number of nitrogens with zero attached hydrogens (tertiary/aromatic N) is 5. The van der Waals surface area contributed by atoms with E-state index in [1.807, 2.05) is 4.90 Å². The van der Waals surface area contributed by atoms with E-state index in [9.17, 15) is 14.0 Å². The van der Waals surface area contributed by atoms with Crippen LogP contribution >= 0.6 is 0 Å². The largest absolute Gasteiger partial charge is 0.352 e. The highest BCUT2D eigenvalue weighted by molar-refractivity contribution is 5.89. The van der Waals surface area contributed by atoms with Crippen molar-refractivity contribution in [1.29, 1.82) is 0 Å². The fraction of sp³-hybridized carbons (Fsp3) is 0.200. The van der Waals surface area contributed by atoms with Gasteiger partial charge in [-0.05, 0) is 18.2 Å². The Morgan fingerprint density at radius 2 is 1.89 bits per heavy atom. The second-order valence-electron chi connectivity index (χ2n) is 6.45. The summed E-state index contributed by atoms with van der Waals surface area (Å²) < 4.78 is 15.4. The van der Waals surface area contributed by atoms with Crippen LogP contribution in [0.1, 0.15) is 0 Å². The predicted octanol–water partition coefficient (Wildman–Crippen LogP) is 1.75. The third-order valence-corrected chi connectivity index (χ3v) is 4.83. The first-order valence-corrected chi connectivity index (χ1v) is 8.87. The molecule has 1 aromatic carbocycles. The first-order chi connectivity index (χ1) is 13.6. The molecule has 0 saturated carbocycles. The molecule has 0 radical (unpaired) electrons. The molecule has 1 amide bonds. The summed E-state index contributed by atoms with van der Waals surface area (Å²) in [7, 11) is 0. The molecule has 1 aliphatic heterocycles. The maximum absolute atomic E-state index is 14.1. The Labute approximate surface area is 160 Å². The van der Waals surface area contributed by atoms with Gasteiger partial charge in [0.05, 0.1) is 11.2 Å². The zero-order valence-electron chi connectivity index (χ0n) is 15.1. The Kier molecular flexibility index (Phi) is 4.60. The molecule has 7 nitrogen and oxygen atoms in total. The molecule has 0 bridgehead atoms. The lowest BCUT2D eigenvalue weighted by Gasteiger charge is -2.35. The summed E-state index contributed by atoms with van der Waals surface area (Å²) in [6.07, 6.45) is 4.26. The molecule has 0 spiro atoms. The molecule has 3 aromatic rings. The molecular formula is C20H18FN5O2. The van der Waals surface area contributed by atoms with Crippen LogP contribution in [0.4, 0.5) is 10.2 Å². The third kappa shape index (κ3) is 3.13. The van der Waals surface area contributed by atoms with E-state index in [1.165, 1.54) is 35.3 Å². The van der Waals surface area contributed by atoms with Crippen molar-refractivity contribution >= 4 is 22.6 Å². The van der Waals surface area contributed by atoms with Crippen molar-refractivity contribution in [2.24, 2.45) is 0 Å². The molecule has 0 atom stereocenters. The van der Waals surface area contributed by atoms with Crippen LogP contribution in [0.3, 0.4) is 0 Å². The summed E-state index contributed by atoms with van der Waals surface area (Å²) in [6.45, 7) is 5.77. The van der Waals surface area contributed by atoms with Crippen LogP contribution in [0.15, 0.2) is 60.3 Å². The first-order valence-electron chi connectivity index (χ1n) is 8.87. The fourth-order valence-corrected chi connectivity index (χ4v) is 3.37. The molecule has 1 aliphatic rings. The third-order valence-electron chi connectivity index (χ3n) is 4.83. The molecule has 2 aromatic heterocycles. The van der Waals surface area contributed by atoms with Gasteiger partial charge in [0.15, 0.2) is 0 Å². The maximum atomic E-state index is 14.1. The van der Waals surface area contributed by atoms with Crippen molar-refractivity contribution in [1.82, 2.24) is 19.4 Å². The highest BCUT2D eigenvalue weighted by Crippen LogP contribution is 2.23. The van der Waals surface area contributed by atoms with E-state index in [0.29, 0.717) is 42.9 Å². The SMILES string of the molecule is C=CC(=O)N1CCN(c2ncnc3cn(-c4ccccc4F)c(=O)cc23)CC1. The van der Waals surface area contributed by atoms with Gasteiger partial charge in [0, 0.05) is 43.8 Å². The molecule has 8 heteroatoms. The molecule has 3 heterocycles. The molecule has 0 unspecified atom stereocenters. The van der Waals surface area contributed by atoms with Gasteiger partial charge in [-0.15, -0.1) is 0 Å². The standard InChI is InChI=1S/C20H18FN5O2/c1-2-18(27)24-7-9-25(10-8-24)20-14-11-19(28)26(12-16(14)22-13-23-20)17-6-4-3-5-15(17)21/h2-6,11-13H,1,7-10H2. The van der Waals surface area contributed by atoms with Crippen molar-refractivity contribution in [3.8, 4) is 5.69 Å². The summed E-state index contributed by atoms with van der Waals surface area (Å²) >= 11 is 0. The molecule has 0 aliphatic carbocycles. The normalized spacial score (nSPS) is 14.3. The Balaban J connectivity index is 1.71. The summed E-state index contributed by atoms with van der Waals surface area (Å²) in [5.74, 6) is 0.0506. The van der Waals surface area contributed by atoms with Crippen LogP contribution in [-0.2, 0) is 4.79 Å². The van der Waals surface area contributed by atoms with Crippen LogP contribution < -0.4 is 10.5 Å². The zero-order valence-corrected chi connectivity index (χ0v) is 15.1. The second-order valence-corrected chi connectivity index (χ2v) is 6.45. The van der Waals surface area contributed by atoms with Crippen molar-refractivity contribution in [2.75, 3.05) is 31.1 Å². The maximum Gasteiger partial charge on any atom is 0.256 e. The van der Waals surface area contributed by atoms with Gasteiger partial charge in [0.2, 0.25) is 5.91 Å². The molecule has 1 saturated heterocycles. The number of amides is 1. The van der Waals surface area contributed by atoms with Crippen LogP contribution in [0, 0.1) is 5.82 Å². The van der Waals surface area contributed by atoms with Gasteiger partial charge < -0.3 is 9.80 Å². The van der Waals surface area contributed by atoms with Crippen molar-refractivity contribution in [2.45, 2.75) is 0 Å². The topological polar surface area (TPSA) is 71.3 Å². The van der Waals surface area contributed by atoms with Crippen LogP contribution in [0.25, 0.3) is 16.6 Å². The molecule has 1 fully saturated rings. The number of piperazine rings is 1. The average Bonchev–Trinajstić information content (AvgIpc) is 2.73. The fourth-order valence-electron chi connectivity index (χ4n) is 3.37. The van der Waals surface area contributed by atoms with Crippen molar-refractivity contribution in [3.05, 3.63) is 71.7 Å². The quantitative estimate of drug-likeness (QED) is 0.649. The first kappa shape index (κ1) is 17.8. The number of carbonyl (C=O) groups is 1. The Morgan fingerprint density at radius 1 is 1.14 bits per heavy atom. The van der Waals surface area contributed by atoms with E-state index >= 15 is 0 Å². The molecule has 4 rings (SSSR count). The highest BCUT2D eigenvalue weighted by atomic mass is 19.1. The molecule has 142 valence electrons. The molecule has 0 N–H and O–H groups in total. The Hall–Kier alpha value is -3.55. The second kappa shape index (κ2) is 7.22. The number of pyridine rings is 1. The number of aromatic nitrogens is 3. The lowest BCUT2D eigenvalue weighted by molar-refractivity contribution is -0.126. The van der Waals surface area contributed by atoms with E-state index in [2.05, 4.69) is 16.5 Å². The number of para-hydroxylation sites is 1. The van der Waals surface area contributed by atoms with E-state index in [4.69, 9.17) is 0 Å². The average molecular weight is 379 g/mol. The van der Waals surface area contributed by atoms with Crippen LogP contribution in [0.5, 0.6) is 0 Å². The van der Waals surface area contributed by atoms with Crippen molar-refractivity contribution < 1.29 is 9.18 Å². The summed E-state index contributed by atoms with van der Waals surface area (Å²) in [4.78, 5) is 36.8. The van der Waals surface area contributed by atoms with Gasteiger partial charge in [0.1, 0.15) is 18.0 Å². The Morgan fingerprint density at radius 3 is 2.61 bits per heavy atom. The zero-order chi connectivity index (χ0) is 19.7. The molecule has 28 heavy (non-hydrogen) atoms. The van der Waals surface area contributed by atoms with Gasteiger partial charge >= 0.3 is 0 Å². The van der Waals surface area contributed by atoms with Gasteiger partial charge in [-0.3, -0.25) is 14.2 Å². The number of benzene rings is 1.